The zero-order valence-corrected chi connectivity index (χ0v) is 13.7. The second-order valence-electron chi connectivity index (χ2n) is 6.24. The standard InChI is InChI=1S/C12H29NSi2/c1-8-9-10-11-12-13(14(2,3)4)15(5,6)7/h11-12H,8-10H2,1-7H3. The Morgan fingerprint density at radius 3 is 1.73 bits per heavy atom. The van der Waals surface area contributed by atoms with Gasteiger partial charge in [-0.1, -0.05) is 65.1 Å². The molecular formula is C12H29NSi2. The smallest absolute Gasteiger partial charge is 0.138 e. The molecule has 0 radical (unpaired) electrons. The Morgan fingerprint density at radius 1 is 0.933 bits per heavy atom. The lowest BCUT2D eigenvalue weighted by molar-refractivity contribution is 0.784. The highest BCUT2D eigenvalue weighted by Gasteiger charge is 2.31. The van der Waals surface area contributed by atoms with Crippen molar-refractivity contribution < 1.29 is 0 Å². The van der Waals surface area contributed by atoms with Crippen LogP contribution in [0.3, 0.4) is 0 Å². The first-order chi connectivity index (χ1) is 6.69. The molecule has 0 spiro atoms. The van der Waals surface area contributed by atoms with Crippen molar-refractivity contribution in [1.29, 1.82) is 0 Å². The highest BCUT2D eigenvalue weighted by atomic mass is 28.4. The minimum atomic E-state index is -1.17. The van der Waals surface area contributed by atoms with Gasteiger partial charge in [-0.25, -0.2) is 0 Å². The van der Waals surface area contributed by atoms with Gasteiger partial charge in [-0.2, -0.15) is 0 Å². The van der Waals surface area contributed by atoms with Crippen LogP contribution in [0.15, 0.2) is 12.3 Å². The van der Waals surface area contributed by atoms with Crippen molar-refractivity contribution in [3.63, 3.8) is 0 Å². The summed E-state index contributed by atoms with van der Waals surface area (Å²) in [6.45, 7) is 16.9. The summed E-state index contributed by atoms with van der Waals surface area (Å²) in [6, 6.07) is 0. The second kappa shape index (κ2) is 5.90. The molecule has 0 aromatic rings. The Labute approximate surface area is 98.7 Å². The molecule has 15 heavy (non-hydrogen) atoms. The van der Waals surface area contributed by atoms with E-state index in [-0.39, 0.29) is 0 Å². The van der Waals surface area contributed by atoms with Gasteiger partial charge in [0.15, 0.2) is 0 Å². The monoisotopic (exact) mass is 243 g/mol. The molecule has 0 aliphatic rings. The van der Waals surface area contributed by atoms with E-state index in [1.165, 1.54) is 19.3 Å². The van der Waals surface area contributed by atoms with Crippen molar-refractivity contribution >= 4 is 16.5 Å². The molecule has 0 rings (SSSR count). The molecule has 0 aromatic heterocycles. The van der Waals surface area contributed by atoms with Gasteiger partial charge in [0.2, 0.25) is 0 Å². The number of hydrogen-bond acceptors (Lipinski definition) is 1. The second-order valence-corrected chi connectivity index (χ2v) is 16.3. The SMILES string of the molecule is CCCCC=CN([Si](C)(C)C)[Si](C)(C)C. The van der Waals surface area contributed by atoms with Gasteiger partial charge in [0, 0.05) is 0 Å². The van der Waals surface area contributed by atoms with E-state index in [2.05, 4.69) is 62.7 Å². The van der Waals surface area contributed by atoms with E-state index in [1.54, 1.807) is 0 Å². The van der Waals surface area contributed by atoms with Crippen molar-refractivity contribution in [2.24, 2.45) is 0 Å². The largest absolute Gasteiger partial charge is 0.431 e. The van der Waals surface area contributed by atoms with E-state index in [0.29, 0.717) is 0 Å². The Morgan fingerprint density at radius 2 is 1.40 bits per heavy atom. The van der Waals surface area contributed by atoms with Crippen LogP contribution in [0.5, 0.6) is 0 Å². The Balaban J connectivity index is 4.47. The molecule has 0 heterocycles. The average Bonchev–Trinajstić information content (AvgIpc) is 1.99. The van der Waals surface area contributed by atoms with E-state index >= 15 is 0 Å². The minimum absolute atomic E-state index is 1.17. The van der Waals surface area contributed by atoms with Crippen molar-refractivity contribution in [2.45, 2.75) is 65.5 Å². The molecule has 0 N–H and O–H groups in total. The van der Waals surface area contributed by atoms with Crippen LogP contribution >= 0.6 is 0 Å². The molecule has 1 nitrogen and oxygen atoms in total. The summed E-state index contributed by atoms with van der Waals surface area (Å²) in [6.07, 6.45) is 8.63. The van der Waals surface area contributed by atoms with Crippen LogP contribution in [-0.2, 0) is 0 Å². The highest BCUT2D eigenvalue weighted by Crippen LogP contribution is 2.20. The predicted octanol–water partition coefficient (Wildman–Crippen LogP) is 4.66. The number of rotatable bonds is 6. The molecule has 0 saturated carbocycles. The third kappa shape index (κ3) is 6.20. The molecule has 3 heteroatoms. The summed E-state index contributed by atoms with van der Waals surface area (Å²) in [5.41, 5.74) is 0. The van der Waals surface area contributed by atoms with Gasteiger partial charge in [-0.05, 0) is 12.6 Å². The zero-order valence-electron chi connectivity index (χ0n) is 11.7. The first kappa shape index (κ1) is 15.0. The minimum Gasteiger partial charge on any atom is -0.431 e. The maximum atomic E-state index is 2.72. The zero-order chi connectivity index (χ0) is 12.1. The summed E-state index contributed by atoms with van der Waals surface area (Å²) in [5.74, 6) is 0. The number of unbranched alkanes of at least 4 members (excludes halogenated alkanes) is 2. The van der Waals surface area contributed by atoms with Crippen LogP contribution in [0, 0.1) is 0 Å². The van der Waals surface area contributed by atoms with Gasteiger partial charge < -0.3 is 4.23 Å². The van der Waals surface area contributed by atoms with Gasteiger partial charge in [-0.15, -0.1) is 0 Å². The molecule has 0 unspecified atom stereocenters. The van der Waals surface area contributed by atoms with E-state index in [9.17, 15) is 0 Å². The van der Waals surface area contributed by atoms with Crippen LogP contribution in [0.1, 0.15) is 26.2 Å². The maximum absolute atomic E-state index is 2.72. The normalized spacial score (nSPS) is 13.5. The summed E-state index contributed by atoms with van der Waals surface area (Å²) in [4.78, 5) is 0. The maximum Gasteiger partial charge on any atom is 0.138 e. The fourth-order valence-electron chi connectivity index (χ4n) is 1.96. The number of hydrogen-bond donors (Lipinski definition) is 0. The first-order valence-corrected chi connectivity index (χ1v) is 13.0. The van der Waals surface area contributed by atoms with Gasteiger partial charge in [0.25, 0.3) is 0 Å². The summed E-state index contributed by atoms with van der Waals surface area (Å²) >= 11 is 0. The van der Waals surface area contributed by atoms with Crippen LogP contribution in [0.4, 0.5) is 0 Å². The lowest BCUT2D eigenvalue weighted by Gasteiger charge is -2.43. The Bertz CT molecular complexity index is 185. The summed E-state index contributed by atoms with van der Waals surface area (Å²) in [7, 11) is -2.35. The predicted molar refractivity (Wildman–Crippen MR) is 77.2 cm³/mol. The van der Waals surface area contributed by atoms with Crippen molar-refractivity contribution in [3.05, 3.63) is 12.3 Å². The molecule has 0 atom stereocenters. The molecule has 0 aliphatic carbocycles. The molecule has 0 aliphatic heterocycles. The fourth-order valence-corrected chi connectivity index (χ4v) is 11.1. The number of nitrogens with zero attached hydrogens (tertiary/aromatic N) is 1. The van der Waals surface area contributed by atoms with Crippen LogP contribution in [-0.4, -0.2) is 20.7 Å². The molecule has 90 valence electrons. The topological polar surface area (TPSA) is 3.24 Å². The third-order valence-electron chi connectivity index (χ3n) is 2.42. The van der Waals surface area contributed by atoms with Crippen LogP contribution in [0.2, 0.25) is 39.3 Å². The first-order valence-electron chi connectivity index (χ1n) is 6.15. The fraction of sp³-hybridized carbons (Fsp3) is 0.833. The van der Waals surface area contributed by atoms with Crippen LogP contribution in [0.25, 0.3) is 0 Å². The lowest BCUT2D eigenvalue weighted by atomic mass is 10.2. The van der Waals surface area contributed by atoms with E-state index in [1.807, 2.05) is 0 Å². The van der Waals surface area contributed by atoms with E-state index in [4.69, 9.17) is 0 Å². The molecule has 0 amide bonds. The summed E-state index contributed by atoms with van der Waals surface area (Å²) < 4.78 is 2.72. The van der Waals surface area contributed by atoms with Crippen molar-refractivity contribution in [1.82, 2.24) is 4.23 Å². The molecule has 0 aromatic carbocycles. The highest BCUT2D eigenvalue weighted by molar-refractivity contribution is 6.89. The van der Waals surface area contributed by atoms with Crippen molar-refractivity contribution in [2.75, 3.05) is 0 Å². The van der Waals surface area contributed by atoms with E-state index < -0.39 is 16.5 Å². The quantitative estimate of drug-likeness (QED) is 0.484. The molecular weight excluding hydrogens is 214 g/mol. The van der Waals surface area contributed by atoms with Gasteiger partial charge >= 0.3 is 0 Å². The van der Waals surface area contributed by atoms with Crippen molar-refractivity contribution in [3.8, 4) is 0 Å². The molecule has 0 saturated heterocycles. The summed E-state index contributed by atoms with van der Waals surface area (Å²) in [5, 5.41) is 0. The Hall–Kier alpha value is -0.0262. The lowest BCUT2D eigenvalue weighted by Crippen LogP contribution is -2.55. The van der Waals surface area contributed by atoms with Crippen LogP contribution < -0.4 is 0 Å². The van der Waals surface area contributed by atoms with E-state index in [0.717, 1.165) is 0 Å². The number of allylic oxidation sites excluding steroid dienone is 1. The van der Waals surface area contributed by atoms with Gasteiger partial charge in [0.1, 0.15) is 16.5 Å². The molecule has 0 bridgehead atoms. The van der Waals surface area contributed by atoms with Gasteiger partial charge in [0.05, 0.1) is 0 Å². The Kier molecular flexibility index (Phi) is 5.89. The van der Waals surface area contributed by atoms with Gasteiger partial charge in [-0.3, -0.25) is 0 Å². The average molecular weight is 244 g/mol. The molecule has 0 fully saturated rings. The third-order valence-corrected chi connectivity index (χ3v) is 9.64.